The number of nitrogens with one attached hydrogen (secondary N) is 2. The molecule has 3 N–H and O–H groups in total. The Morgan fingerprint density at radius 3 is 2.06 bits per heavy atom. The Kier molecular flexibility index (Phi) is 16.0. The van der Waals surface area contributed by atoms with E-state index in [9.17, 15) is 19.5 Å². The van der Waals surface area contributed by atoms with Crippen LogP contribution in [-0.4, -0.2) is 48.2 Å². The zero-order valence-electron chi connectivity index (χ0n) is 27.3. The number of hydrogen-bond donors (Lipinski definition) is 3. The molecule has 0 aliphatic rings. The zero-order chi connectivity index (χ0) is 33.9. The molecule has 0 radical (unpaired) electrons. The molecule has 3 rings (SSSR count). The highest BCUT2D eigenvalue weighted by molar-refractivity contribution is 5.86. The molecular formula is C39H48N2O6. The number of aliphatic hydroxyl groups excluding tert-OH is 1. The van der Waals surface area contributed by atoms with Crippen LogP contribution in [0.3, 0.4) is 0 Å². The van der Waals surface area contributed by atoms with Crippen LogP contribution in [0.1, 0.15) is 49.3 Å². The van der Waals surface area contributed by atoms with Gasteiger partial charge in [-0.2, -0.15) is 0 Å². The molecule has 0 saturated carbocycles. The molecule has 4 atom stereocenters. The van der Waals surface area contributed by atoms with Crippen LogP contribution in [0.2, 0.25) is 0 Å². The van der Waals surface area contributed by atoms with Crippen LogP contribution in [0.4, 0.5) is 0 Å². The molecular weight excluding hydrogens is 592 g/mol. The third-order valence-corrected chi connectivity index (χ3v) is 7.74. The summed E-state index contributed by atoms with van der Waals surface area (Å²) in [7, 11) is 0. The summed E-state index contributed by atoms with van der Waals surface area (Å²) >= 11 is 0. The van der Waals surface area contributed by atoms with Crippen molar-refractivity contribution in [2.24, 2.45) is 11.8 Å². The minimum atomic E-state index is -0.677. The number of aliphatic hydroxyl groups is 1. The van der Waals surface area contributed by atoms with Crippen molar-refractivity contribution in [2.75, 3.05) is 13.2 Å². The molecule has 0 aliphatic heterocycles. The molecule has 0 saturated heterocycles. The van der Waals surface area contributed by atoms with Gasteiger partial charge in [0.15, 0.2) is 0 Å². The fourth-order valence-electron chi connectivity index (χ4n) is 5.13. The van der Waals surface area contributed by atoms with Crippen molar-refractivity contribution < 1.29 is 29.0 Å². The van der Waals surface area contributed by atoms with E-state index in [1.165, 1.54) is 0 Å². The van der Waals surface area contributed by atoms with Gasteiger partial charge >= 0.3 is 5.97 Å². The van der Waals surface area contributed by atoms with Gasteiger partial charge in [0.1, 0.15) is 19.0 Å². The van der Waals surface area contributed by atoms with Crippen LogP contribution in [-0.2, 0) is 38.6 Å². The first-order chi connectivity index (χ1) is 22.8. The van der Waals surface area contributed by atoms with Gasteiger partial charge in [-0.1, -0.05) is 84.9 Å². The summed E-state index contributed by atoms with van der Waals surface area (Å²) < 4.78 is 11.8. The fourth-order valence-corrected chi connectivity index (χ4v) is 5.13. The van der Waals surface area contributed by atoms with Crippen LogP contribution in [0.15, 0.2) is 110 Å². The quantitative estimate of drug-likeness (QED) is 0.101. The van der Waals surface area contributed by atoms with E-state index in [0.29, 0.717) is 38.0 Å². The Morgan fingerprint density at radius 2 is 1.45 bits per heavy atom. The molecule has 0 fully saturated rings. The number of benzene rings is 3. The first kappa shape index (κ1) is 36.8. The van der Waals surface area contributed by atoms with E-state index in [-0.39, 0.29) is 49.8 Å². The Hall–Kier alpha value is -4.69. The number of hydrogen-bond acceptors (Lipinski definition) is 6. The second-order valence-corrected chi connectivity index (χ2v) is 11.8. The Bertz CT molecular complexity index is 1390. The fraction of sp³-hybridized carbons (Fsp3) is 0.359. The largest absolute Gasteiger partial charge is 0.489 e. The van der Waals surface area contributed by atoms with Gasteiger partial charge < -0.3 is 25.2 Å². The molecule has 0 heterocycles. The van der Waals surface area contributed by atoms with Gasteiger partial charge in [0, 0.05) is 12.5 Å². The Balaban J connectivity index is 1.72. The molecule has 3 aromatic carbocycles. The summed E-state index contributed by atoms with van der Waals surface area (Å²) in [6, 6.07) is 26.3. The Morgan fingerprint density at radius 1 is 0.809 bits per heavy atom. The van der Waals surface area contributed by atoms with Gasteiger partial charge in [0.25, 0.3) is 0 Å². The summed E-state index contributed by atoms with van der Waals surface area (Å²) in [5, 5.41) is 15.0. The normalized spacial score (nSPS) is 13.3. The van der Waals surface area contributed by atoms with Gasteiger partial charge in [-0.05, 0) is 67.9 Å². The van der Waals surface area contributed by atoms with E-state index in [1.807, 2.05) is 84.9 Å². The lowest BCUT2D eigenvalue weighted by atomic mass is 9.95. The molecule has 0 aliphatic carbocycles. The van der Waals surface area contributed by atoms with Crippen molar-refractivity contribution in [3.8, 4) is 5.75 Å². The molecule has 0 spiro atoms. The number of allylic oxidation sites excluding steroid dienone is 2. The first-order valence-corrected chi connectivity index (χ1v) is 16.2. The van der Waals surface area contributed by atoms with E-state index in [2.05, 4.69) is 23.8 Å². The van der Waals surface area contributed by atoms with E-state index in [4.69, 9.17) is 9.47 Å². The van der Waals surface area contributed by atoms with Gasteiger partial charge in [-0.3, -0.25) is 14.4 Å². The predicted octanol–water partition coefficient (Wildman–Crippen LogP) is 5.74. The number of amides is 2. The van der Waals surface area contributed by atoms with Crippen LogP contribution in [0.25, 0.3) is 0 Å². The summed E-state index contributed by atoms with van der Waals surface area (Å²) in [5.41, 5.74) is 3.02. The van der Waals surface area contributed by atoms with E-state index in [1.54, 1.807) is 19.1 Å². The van der Waals surface area contributed by atoms with Crippen molar-refractivity contribution in [3.05, 3.63) is 127 Å². The van der Waals surface area contributed by atoms with Gasteiger partial charge in [0.2, 0.25) is 11.8 Å². The first-order valence-electron chi connectivity index (χ1n) is 16.2. The summed E-state index contributed by atoms with van der Waals surface area (Å²) in [5.74, 6) is -1.34. The van der Waals surface area contributed by atoms with Crippen molar-refractivity contribution in [1.29, 1.82) is 0 Å². The second-order valence-electron chi connectivity index (χ2n) is 11.8. The van der Waals surface area contributed by atoms with Crippen molar-refractivity contribution in [1.82, 2.24) is 10.6 Å². The number of carbonyl (C=O) groups is 3. The standard InChI is InChI=1S/C39H48N2O6/c1-4-6-18-34(23-30-14-9-7-10-15-30)39(45)47-28-35(41-38(44)33(13-5-2)25-37(43)40-29(3)26-42)24-31-19-21-36(22-20-31)46-27-32-16-11-8-12-17-32/h4-5,7-12,14-17,19-22,29,33-35,42H,1-2,6,13,18,23-28H2,3H3,(H,40,43)(H,41,44)/t29-,33-,34-,35+/m1/s1. The third-order valence-electron chi connectivity index (χ3n) is 7.74. The summed E-state index contributed by atoms with van der Waals surface area (Å²) in [4.78, 5) is 39.4. The highest BCUT2D eigenvalue weighted by Gasteiger charge is 2.26. The van der Waals surface area contributed by atoms with Crippen LogP contribution < -0.4 is 15.4 Å². The predicted molar refractivity (Wildman–Crippen MR) is 184 cm³/mol. The number of ether oxygens (including phenoxy) is 2. The Labute approximate surface area is 278 Å². The lowest BCUT2D eigenvalue weighted by Gasteiger charge is -2.24. The zero-order valence-corrected chi connectivity index (χ0v) is 27.3. The van der Waals surface area contributed by atoms with E-state index < -0.39 is 18.0 Å². The molecule has 250 valence electrons. The number of carbonyl (C=O) groups excluding carboxylic acids is 3. The van der Waals surface area contributed by atoms with Crippen molar-refractivity contribution >= 4 is 17.8 Å². The lowest BCUT2D eigenvalue weighted by molar-refractivity contribution is -0.150. The molecule has 0 unspecified atom stereocenters. The van der Waals surface area contributed by atoms with Crippen molar-refractivity contribution in [3.63, 3.8) is 0 Å². The highest BCUT2D eigenvalue weighted by atomic mass is 16.5. The summed E-state index contributed by atoms with van der Waals surface area (Å²) in [6.45, 7) is 9.44. The maximum Gasteiger partial charge on any atom is 0.309 e. The monoisotopic (exact) mass is 640 g/mol. The van der Waals surface area contributed by atoms with Crippen LogP contribution in [0, 0.1) is 11.8 Å². The van der Waals surface area contributed by atoms with Gasteiger partial charge in [0.05, 0.1) is 24.5 Å². The molecule has 0 aromatic heterocycles. The maximum absolute atomic E-state index is 13.5. The third kappa shape index (κ3) is 13.7. The van der Waals surface area contributed by atoms with Crippen molar-refractivity contribution in [2.45, 2.75) is 64.1 Å². The highest BCUT2D eigenvalue weighted by Crippen LogP contribution is 2.19. The average molecular weight is 641 g/mol. The minimum Gasteiger partial charge on any atom is -0.489 e. The van der Waals surface area contributed by atoms with Crippen LogP contribution >= 0.6 is 0 Å². The SMILES string of the molecule is C=CCC[C@H](Cc1ccccc1)C(=O)OC[C@H](Cc1ccc(OCc2ccccc2)cc1)NC(=O)[C@H](CC=C)CC(=O)N[C@H](C)CO. The average Bonchev–Trinajstić information content (AvgIpc) is 3.09. The van der Waals surface area contributed by atoms with Crippen LogP contribution in [0.5, 0.6) is 5.75 Å². The smallest absolute Gasteiger partial charge is 0.309 e. The lowest BCUT2D eigenvalue weighted by Crippen LogP contribution is -2.45. The molecule has 8 heteroatoms. The molecule has 2 amide bonds. The number of esters is 1. The summed E-state index contributed by atoms with van der Waals surface area (Å²) in [6.07, 6.45) is 5.81. The molecule has 47 heavy (non-hydrogen) atoms. The van der Waals surface area contributed by atoms with Gasteiger partial charge in [-0.25, -0.2) is 0 Å². The molecule has 8 nitrogen and oxygen atoms in total. The minimum absolute atomic E-state index is 0.0369. The second kappa shape index (κ2) is 20.4. The van der Waals surface area contributed by atoms with Gasteiger partial charge in [-0.15, -0.1) is 13.2 Å². The molecule has 0 bridgehead atoms. The number of rotatable bonds is 21. The molecule has 3 aromatic rings. The topological polar surface area (TPSA) is 114 Å². The van der Waals surface area contributed by atoms with E-state index in [0.717, 1.165) is 16.7 Å². The maximum atomic E-state index is 13.5. The van der Waals surface area contributed by atoms with E-state index >= 15 is 0 Å².